The molecule has 21 heavy (non-hydrogen) atoms. The molecule has 0 aromatic heterocycles. The van der Waals surface area contributed by atoms with Gasteiger partial charge in [0.15, 0.2) is 0 Å². The average molecular weight is 294 g/mol. The molecule has 1 aromatic carbocycles. The van der Waals surface area contributed by atoms with Gasteiger partial charge in [0, 0.05) is 37.7 Å². The molecular weight excluding hydrogens is 274 g/mol. The van der Waals surface area contributed by atoms with E-state index in [-0.39, 0.29) is 23.6 Å². The number of hydrogen-bond acceptors (Lipinski definition) is 2. The van der Waals surface area contributed by atoms with E-state index in [2.05, 4.69) is 0 Å². The van der Waals surface area contributed by atoms with Gasteiger partial charge >= 0.3 is 0 Å². The Bertz CT molecular complexity index is 561. The standard InChI is InChI=1S/C16H20F2N2O/c1-19(9-10-20-8-2-3-15(20)21)14-7-4-11-12(17)5-6-13(18)16(11)14/h5-6,14H,2-4,7-10H2,1H3/t14-/m0/s1. The number of carbonyl (C=O) groups is 1. The maximum atomic E-state index is 14.0. The summed E-state index contributed by atoms with van der Waals surface area (Å²) in [5.74, 6) is -0.428. The molecular formula is C16H20F2N2O. The molecule has 1 amide bonds. The first kappa shape index (κ1) is 14.4. The molecule has 1 aliphatic carbocycles. The molecule has 114 valence electrons. The number of hydrogen-bond donors (Lipinski definition) is 0. The summed E-state index contributed by atoms with van der Waals surface area (Å²) in [5.41, 5.74) is 1.02. The Morgan fingerprint density at radius 2 is 2.05 bits per heavy atom. The molecule has 0 N–H and O–H groups in total. The summed E-state index contributed by atoms with van der Waals surface area (Å²) in [7, 11) is 1.92. The number of likely N-dealkylation sites (tertiary alicyclic amines) is 1. The Morgan fingerprint density at radius 1 is 1.29 bits per heavy atom. The van der Waals surface area contributed by atoms with Gasteiger partial charge < -0.3 is 4.90 Å². The third kappa shape index (κ3) is 2.67. The SMILES string of the molecule is CN(CCN1CCCC1=O)[C@H]1CCc2c(F)ccc(F)c21. The molecule has 2 aliphatic rings. The van der Waals surface area contributed by atoms with Crippen LogP contribution in [0.4, 0.5) is 8.78 Å². The molecule has 0 spiro atoms. The van der Waals surface area contributed by atoms with E-state index in [1.807, 2.05) is 16.8 Å². The van der Waals surface area contributed by atoms with Crippen molar-refractivity contribution in [1.29, 1.82) is 0 Å². The molecule has 0 bridgehead atoms. The largest absolute Gasteiger partial charge is 0.341 e. The molecule has 3 nitrogen and oxygen atoms in total. The second-order valence-electron chi connectivity index (χ2n) is 5.94. The lowest BCUT2D eigenvalue weighted by Gasteiger charge is -2.27. The average Bonchev–Trinajstić information content (AvgIpc) is 3.07. The highest BCUT2D eigenvalue weighted by atomic mass is 19.1. The van der Waals surface area contributed by atoms with Gasteiger partial charge in [-0.1, -0.05) is 0 Å². The summed E-state index contributed by atoms with van der Waals surface area (Å²) in [6.07, 6.45) is 2.87. The van der Waals surface area contributed by atoms with Gasteiger partial charge in [-0.2, -0.15) is 0 Å². The van der Waals surface area contributed by atoms with Crippen molar-refractivity contribution in [3.05, 3.63) is 34.9 Å². The zero-order chi connectivity index (χ0) is 15.0. The monoisotopic (exact) mass is 294 g/mol. The second-order valence-corrected chi connectivity index (χ2v) is 5.94. The van der Waals surface area contributed by atoms with Crippen LogP contribution in [0.2, 0.25) is 0 Å². The van der Waals surface area contributed by atoms with Crippen LogP contribution in [0.1, 0.15) is 36.4 Å². The summed E-state index contributed by atoms with van der Waals surface area (Å²) in [5, 5.41) is 0. The molecule has 5 heteroatoms. The Balaban J connectivity index is 1.69. The first-order valence-electron chi connectivity index (χ1n) is 7.52. The van der Waals surface area contributed by atoms with E-state index >= 15 is 0 Å². The maximum Gasteiger partial charge on any atom is 0.222 e. The Hall–Kier alpha value is -1.49. The van der Waals surface area contributed by atoms with Crippen molar-refractivity contribution in [3.63, 3.8) is 0 Å². The van der Waals surface area contributed by atoms with Crippen molar-refractivity contribution in [2.24, 2.45) is 0 Å². The lowest BCUT2D eigenvalue weighted by Crippen LogP contribution is -2.35. The topological polar surface area (TPSA) is 23.6 Å². The summed E-state index contributed by atoms with van der Waals surface area (Å²) in [4.78, 5) is 15.5. The molecule has 1 aliphatic heterocycles. The molecule has 0 radical (unpaired) electrons. The lowest BCUT2D eigenvalue weighted by molar-refractivity contribution is -0.127. The number of nitrogens with zero attached hydrogens (tertiary/aromatic N) is 2. The fraction of sp³-hybridized carbons (Fsp3) is 0.562. The first-order valence-corrected chi connectivity index (χ1v) is 7.52. The van der Waals surface area contributed by atoms with Crippen LogP contribution in [-0.2, 0) is 11.2 Å². The summed E-state index contributed by atoms with van der Waals surface area (Å²) in [6.45, 7) is 2.17. The van der Waals surface area contributed by atoms with Gasteiger partial charge in [0.1, 0.15) is 11.6 Å². The maximum absolute atomic E-state index is 14.0. The Kier molecular flexibility index (Phi) is 3.93. The van der Waals surface area contributed by atoms with Gasteiger partial charge in [-0.05, 0) is 44.0 Å². The number of halogens is 2. The van der Waals surface area contributed by atoms with Gasteiger partial charge in [-0.15, -0.1) is 0 Å². The van der Waals surface area contributed by atoms with Crippen molar-refractivity contribution in [2.45, 2.75) is 31.7 Å². The molecule has 3 rings (SSSR count). The molecule has 0 saturated carbocycles. The fourth-order valence-electron chi connectivity index (χ4n) is 3.46. The Labute approximate surface area is 123 Å². The van der Waals surface area contributed by atoms with Crippen molar-refractivity contribution in [1.82, 2.24) is 9.80 Å². The van der Waals surface area contributed by atoms with E-state index in [9.17, 15) is 13.6 Å². The van der Waals surface area contributed by atoms with Crippen LogP contribution in [0.3, 0.4) is 0 Å². The van der Waals surface area contributed by atoms with Gasteiger partial charge in [0.25, 0.3) is 0 Å². The van der Waals surface area contributed by atoms with Crippen molar-refractivity contribution in [2.75, 3.05) is 26.7 Å². The van der Waals surface area contributed by atoms with Crippen LogP contribution in [-0.4, -0.2) is 42.4 Å². The summed E-state index contributed by atoms with van der Waals surface area (Å²) >= 11 is 0. The third-order valence-corrected chi connectivity index (χ3v) is 4.67. The minimum Gasteiger partial charge on any atom is -0.341 e. The molecule has 0 unspecified atom stereocenters. The smallest absolute Gasteiger partial charge is 0.222 e. The number of carbonyl (C=O) groups excluding carboxylic acids is 1. The zero-order valence-corrected chi connectivity index (χ0v) is 12.2. The quantitative estimate of drug-likeness (QED) is 0.852. The predicted octanol–water partition coefficient (Wildman–Crippen LogP) is 2.51. The van der Waals surface area contributed by atoms with Crippen molar-refractivity contribution >= 4 is 5.91 Å². The molecule has 1 atom stereocenters. The molecule has 1 aromatic rings. The van der Waals surface area contributed by atoms with E-state index in [1.165, 1.54) is 12.1 Å². The Morgan fingerprint density at radius 3 is 2.76 bits per heavy atom. The van der Waals surface area contributed by atoms with Crippen molar-refractivity contribution < 1.29 is 13.6 Å². The van der Waals surface area contributed by atoms with E-state index < -0.39 is 0 Å². The molecule has 1 fully saturated rings. The van der Waals surface area contributed by atoms with Crippen LogP contribution in [0.25, 0.3) is 0 Å². The van der Waals surface area contributed by atoms with Crippen LogP contribution in [0, 0.1) is 11.6 Å². The van der Waals surface area contributed by atoms with Crippen molar-refractivity contribution in [3.8, 4) is 0 Å². The van der Waals surface area contributed by atoms with E-state index in [0.29, 0.717) is 37.1 Å². The minimum atomic E-state index is -0.321. The minimum absolute atomic E-state index is 0.0894. The van der Waals surface area contributed by atoms with E-state index in [4.69, 9.17) is 0 Å². The first-order chi connectivity index (χ1) is 10.1. The van der Waals surface area contributed by atoms with E-state index in [0.717, 1.165) is 19.4 Å². The summed E-state index contributed by atoms with van der Waals surface area (Å²) < 4.78 is 27.8. The van der Waals surface area contributed by atoms with Crippen LogP contribution in [0.5, 0.6) is 0 Å². The lowest BCUT2D eigenvalue weighted by atomic mass is 10.1. The number of likely N-dealkylation sites (N-methyl/N-ethyl adjacent to an activating group) is 1. The normalized spacial score (nSPS) is 21.4. The van der Waals surface area contributed by atoms with Gasteiger partial charge in [-0.25, -0.2) is 8.78 Å². The van der Waals surface area contributed by atoms with E-state index in [1.54, 1.807) is 0 Å². The number of amides is 1. The van der Waals surface area contributed by atoms with Crippen LogP contribution >= 0.6 is 0 Å². The number of rotatable bonds is 4. The molecule has 1 saturated heterocycles. The third-order valence-electron chi connectivity index (χ3n) is 4.67. The fourth-order valence-corrected chi connectivity index (χ4v) is 3.46. The second kappa shape index (κ2) is 5.72. The highest BCUT2D eigenvalue weighted by Gasteiger charge is 2.31. The van der Waals surface area contributed by atoms with Gasteiger partial charge in [-0.3, -0.25) is 9.69 Å². The predicted molar refractivity (Wildman–Crippen MR) is 75.9 cm³/mol. The highest BCUT2D eigenvalue weighted by molar-refractivity contribution is 5.78. The number of benzene rings is 1. The molecule has 1 heterocycles. The van der Waals surface area contributed by atoms with Crippen LogP contribution in [0.15, 0.2) is 12.1 Å². The van der Waals surface area contributed by atoms with Gasteiger partial charge in [0.2, 0.25) is 5.91 Å². The van der Waals surface area contributed by atoms with Crippen LogP contribution < -0.4 is 0 Å². The number of fused-ring (bicyclic) bond motifs is 1. The van der Waals surface area contributed by atoms with Gasteiger partial charge in [0.05, 0.1) is 0 Å². The summed E-state index contributed by atoms with van der Waals surface area (Å²) in [6, 6.07) is 2.33. The zero-order valence-electron chi connectivity index (χ0n) is 12.2. The highest BCUT2D eigenvalue weighted by Crippen LogP contribution is 2.38.